The molecule has 2 unspecified atom stereocenters. The van der Waals surface area contributed by atoms with Gasteiger partial charge in [-0.15, -0.1) is 0 Å². The lowest BCUT2D eigenvalue weighted by molar-refractivity contribution is -0.141. The highest BCUT2D eigenvalue weighted by Gasteiger charge is 2.47. The fraction of sp³-hybridized carbons (Fsp3) is 0.917. The number of hydrogen-bond acceptors (Lipinski definition) is 4. The molecule has 3 saturated heterocycles. The lowest BCUT2D eigenvalue weighted by Gasteiger charge is -2.40. The molecule has 3 aliphatic heterocycles. The van der Waals surface area contributed by atoms with Crippen molar-refractivity contribution in [2.24, 2.45) is 11.8 Å². The van der Waals surface area contributed by atoms with E-state index in [1.54, 1.807) is 0 Å². The second-order valence-corrected chi connectivity index (χ2v) is 8.08. The number of fused-ring (bicyclic) bond motifs is 2. The summed E-state index contributed by atoms with van der Waals surface area (Å²) in [4.78, 5) is 12.1. The minimum absolute atomic E-state index is 0.0253. The average Bonchev–Trinajstić information content (AvgIpc) is 2.12. The van der Waals surface area contributed by atoms with Crippen LogP contribution in [0.3, 0.4) is 0 Å². The predicted molar refractivity (Wildman–Crippen MR) is 62.4 cm³/mol. The van der Waals surface area contributed by atoms with Gasteiger partial charge in [-0.25, -0.2) is 8.42 Å². The van der Waals surface area contributed by atoms with Gasteiger partial charge in [-0.3, -0.25) is 4.79 Å². The lowest BCUT2D eigenvalue weighted by Crippen LogP contribution is -2.48. The van der Waals surface area contributed by atoms with E-state index in [1.165, 1.54) is 0 Å². The second kappa shape index (κ2) is 4.05. The molecule has 3 rings (SSSR count). The van der Waals surface area contributed by atoms with E-state index < -0.39 is 9.84 Å². The molecular formula is C12H18O4S. The summed E-state index contributed by atoms with van der Waals surface area (Å²) < 4.78 is 29.2. The topological polar surface area (TPSA) is 60.4 Å². The summed E-state index contributed by atoms with van der Waals surface area (Å²) in [6, 6.07) is 0. The van der Waals surface area contributed by atoms with Crippen LogP contribution in [0.25, 0.3) is 0 Å². The molecular weight excluding hydrogens is 240 g/mol. The van der Waals surface area contributed by atoms with E-state index in [9.17, 15) is 13.2 Å². The zero-order valence-corrected chi connectivity index (χ0v) is 10.6. The van der Waals surface area contributed by atoms with Gasteiger partial charge in [0.2, 0.25) is 0 Å². The summed E-state index contributed by atoms with van der Waals surface area (Å²) >= 11 is 0. The fourth-order valence-corrected chi connectivity index (χ4v) is 5.91. The molecule has 17 heavy (non-hydrogen) atoms. The Balaban J connectivity index is 1.76. The van der Waals surface area contributed by atoms with Crippen LogP contribution in [0, 0.1) is 11.8 Å². The molecule has 0 aromatic carbocycles. The molecule has 96 valence electrons. The van der Waals surface area contributed by atoms with Crippen LogP contribution in [0.4, 0.5) is 0 Å². The number of ketones is 1. The van der Waals surface area contributed by atoms with E-state index in [4.69, 9.17) is 4.74 Å². The Morgan fingerprint density at radius 1 is 1.00 bits per heavy atom. The van der Waals surface area contributed by atoms with Gasteiger partial charge in [0.15, 0.2) is 9.84 Å². The van der Waals surface area contributed by atoms with Gasteiger partial charge in [-0.05, 0) is 25.7 Å². The highest BCUT2D eigenvalue weighted by atomic mass is 32.2. The van der Waals surface area contributed by atoms with Gasteiger partial charge in [0.1, 0.15) is 5.78 Å². The Morgan fingerprint density at radius 2 is 1.59 bits per heavy atom. The van der Waals surface area contributed by atoms with Crippen molar-refractivity contribution in [2.75, 3.05) is 13.2 Å². The molecule has 2 bridgehead atoms. The molecule has 3 heterocycles. The van der Waals surface area contributed by atoms with Crippen LogP contribution in [-0.4, -0.2) is 37.9 Å². The smallest absolute Gasteiger partial charge is 0.156 e. The summed E-state index contributed by atoms with van der Waals surface area (Å²) in [6.07, 6.45) is 3.64. The van der Waals surface area contributed by atoms with Crippen LogP contribution < -0.4 is 0 Å². The predicted octanol–water partition coefficient (Wildman–Crippen LogP) is 0.948. The zero-order chi connectivity index (χ0) is 12.0. The van der Waals surface area contributed by atoms with Gasteiger partial charge in [0.25, 0.3) is 0 Å². The number of carbonyl (C=O) groups excluding carboxylic acids is 1. The summed E-state index contributed by atoms with van der Waals surface area (Å²) in [6.45, 7) is 1.08. The molecule has 4 nitrogen and oxygen atoms in total. The standard InChI is InChI=1S/C12H18O4S/c13-12(9-6-16-7-9)8-4-10-2-1-3-11(5-8)17(10,14)15/h8-11H,1-7H2. The third-order valence-corrected chi connectivity index (χ3v) is 7.23. The Bertz CT molecular complexity index is 404. The van der Waals surface area contributed by atoms with Crippen molar-refractivity contribution in [1.82, 2.24) is 0 Å². The summed E-state index contributed by atoms with van der Waals surface area (Å²) in [7, 11) is -2.93. The zero-order valence-electron chi connectivity index (χ0n) is 9.80. The first-order valence-electron chi connectivity index (χ1n) is 6.43. The Labute approximate surface area is 102 Å². The van der Waals surface area contributed by atoms with E-state index in [0.29, 0.717) is 26.1 Å². The molecule has 0 N–H and O–H groups in total. The van der Waals surface area contributed by atoms with Gasteiger partial charge in [-0.1, -0.05) is 6.42 Å². The molecule has 0 amide bonds. The summed E-state index contributed by atoms with van der Waals surface area (Å²) in [5, 5.41) is -0.491. The van der Waals surface area contributed by atoms with Crippen molar-refractivity contribution in [3.8, 4) is 0 Å². The highest BCUT2D eigenvalue weighted by molar-refractivity contribution is 7.92. The first kappa shape index (κ1) is 11.7. The maximum Gasteiger partial charge on any atom is 0.156 e. The summed E-state index contributed by atoms with van der Waals surface area (Å²) in [5.41, 5.74) is 0. The maximum absolute atomic E-state index is 12.1. The van der Waals surface area contributed by atoms with E-state index in [0.717, 1.165) is 19.3 Å². The van der Waals surface area contributed by atoms with Crippen LogP contribution in [0.15, 0.2) is 0 Å². The van der Waals surface area contributed by atoms with E-state index in [1.807, 2.05) is 0 Å². The minimum atomic E-state index is -2.93. The van der Waals surface area contributed by atoms with E-state index in [2.05, 4.69) is 0 Å². The number of carbonyl (C=O) groups is 1. The average molecular weight is 258 g/mol. The molecule has 0 radical (unpaired) electrons. The van der Waals surface area contributed by atoms with Crippen molar-refractivity contribution in [2.45, 2.75) is 42.6 Å². The van der Waals surface area contributed by atoms with Crippen LogP contribution in [0.5, 0.6) is 0 Å². The van der Waals surface area contributed by atoms with Crippen molar-refractivity contribution in [1.29, 1.82) is 0 Å². The second-order valence-electron chi connectivity index (χ2n) is 5.57. The Morgan fingerprint density at radius 3 is 2.06 bits per heavy atom. The van der Waals surface area contributed by atoms with Crippen LogP contribution >= 0.6 is 0 Å². The maximum atomic E-state index is 12.1. The minimum Gasteiger partial charge on any atom is -0.380 e. The quantitative estimate of drug-likeness (QED) is 0.740. The lowest BCUT2D eigenvalue weighted by atomic mass is 9.82. The number of sulfone groups is 1. The van der Waals surface area contributed by atoms with Gasteiger partial charge >= 0.3 is 0 Å². The normalized spacial score (nSPS) is 40.6. The number of ether oxygens (including phenoxy) is 1. The largest absolute Gasteiger partial charge is 0.380 e. The number of Topliss-reactive ketones (excluding diaryl/α,β-unsaturated/α-hetero) is 1. The van der Waals surface area contributed by atoms with Crippen LogP contribution in [0.2, 0.25) is 0 Å². The SMILES string of the molecule is O=C(C1COC1)C1CC2CCCC(C1)S2(=O)=O. The highest BCUT2D eigenvalue weighted by Crippen LogP contribution is 2.40. The molecule has 3 aliphatic rings. The van der Waals surface area contributed by atoms with Crippen molar-refractivity contribution in [3.05, 3.63) is 0 Å². The van der Waals surface area contributed by atoms with Crippen molar-refractivity contribution in [3.63, 3.8) is 0 Å². The van der Waals surface area contributed by atoms with Gasteiger partial charge in [0.05, 0.1) is 29.6 Å². The van der Waals surface area contributed by atoms with Crippen molar-refractivity contribution < 1.29 is 17.9 Å². The van der Waals surface area contributed by atoms with Crippen LogP contribution in [0.1, 0.15) is 32.1 Å². The van der Waals surface area contributed by atoms with E-state index in [-0.39, 0.29) is 28.1 Å². The number of rotatable bonds is 2. The Kier molecular flexibility index (Phi) is 2.78. The molecule has 0 aromatic heterocycles. The first-order valence-corrected chi connectivity index (χ1v) is 8.04. The molecule has 0 spiro atoms. The van der Waals surface area contributed by atoms with Gasteiger partial charge in [0, 0.05) is 5.92 Å². The Hall–Kier alpha value is -0.420. The molecule has 0 aliphatic carbocycles. The van der Waals surface area contributed by atoms with Gasteiger partial charge in [-0.2, -0.15) is 0 Å². The molecule has 0 saturated carbocycles. The van der Waals surface area contributed by atoms with Gasteiger partial charge < -0.3 is 4.74 Å². The molecule has 0 aromatic rings. The molecule has 2 atom stereocenters. The monoisotopic (exact) mass is 258 g/mol. The third-order valence-electron chi connectivity index (χ3n) is 4.52. The fourth-order valence-electron chi connectivity index (χ4n) is 3.37. The van der Waals surface area contributed by atoms with Crippen LogP contribution in [-0.2, 0) is 19.4 Å². The van der Waals surface area contributed by atoms with E-state index >= 15 is 0 Å². The molecule has 3 fully saturated rings. The summed E-state index contributed by atoms with van der Waals surface area (Å²) in [5.74, 6) is 0.271. The van der Waals surface area contributed by atoms with Crippen molar-refractivity contribution >= 4 is 15.6 Å². The molecule has 5 heteroatoms. The first-order chi connectivity index (χ1) is 8.09. The third kappa shape index (κ3) is 1.83. The number of hydrogen-bond donors (Lipinski definition) is 0.